The van der Waals surface area contributed by atoms with Gasteiger partial charge in [0.1, 0.15) is 4.90 Å². The summed E-state index contributed by atoms with van der Waals surface area (Å²) in [5, 5.41) is 3.95. The van der Waals surface area contributed by atoms with E-state index in [0.717, 1.165) is 16.8 Å². The van der Waals surface area contributed by atoms with Gasteiger partial charge >= 0.3 is 0 Å². The monoisotopic (exact) mass is 331 g/mol. The topological polar surface area (TPSA) is 72.0 Å². The van der Waals surface area contributed by atoms with Gasteiger partial charge in [-0.05, 0) is 35.2 Å². The van der Waals surface area contributed by atoms with Gasteiger partial charge in [-0.3, -0.25) is 9.97 Å². The normalized spacial score (nSPS) is 11.5. The van der Waals surface area contributed by atoms with E-state index in [4.69, 9.17) is 0 Å². The van der Waals surface area contributed by atoms with Gasteiger partial charge in [0.2, 0.25) is 10.0 Å². The van der Waals surface area contributed by atoms with Crippen molar-refractivity contribution in [1.29, 1.82) is 0 Å². The van der Waals surface area contributed by atoms with Gasteiger partial charge in [0.25, 0.3) is 0 Å². The Kier molecular flexibility index (Phi) is 4.28. The molecule has 0 atom stereocenters. The van der Waals surface area contributed by atoms with Gasteiger partial charge in [0.05, 0.1) is 5.69 Å². The highest BCUT2D eigenvalue weighted by Gasteiger charge is 2.15. The van der Waals surface area contributed by atoms with Crippen LogP contribution in [0, 0.1) is 0 Å². The molecule has 0 radical (unpaired) electrons. The standard InChI is InChI=1S/C15H13N3O2S2/c19-22(20,14-4-2-6-16-10-14)18-9-12-3-1-7-17-15(12)13-5-8-21-11-13/h1-8,10-11,18H,9H2. The second kappa shape index (κ2) is 6.35. The molecule has 3 heterocycles. The molecule has 1 N–H and O–H groups in total. The van der Waals surface area contributed by atoms with Crippen molar-refractivity contribution < 1.29 is 8.42 Å². The maximum Gasteiger partial charge on any atom is 0.242 e. The first-order chi connectivity index (χ1) is 10.7. The van der Waals surface area contributed by atoms with Crippen molar-refractivity contribution in [2.75, 3.05) is 0 Å². The zero-order chi connectivity index (χ0) is 15.4. The summed E-state index contributed by atoms with van der Waals surface area (Å²) in [5.74, 6) is 0. The number of thiophene rings is 1. The van der Waals surface area contributed by atoms with Crippen LogP contribution >= 0.6 is 11.3 Å². The summed E-state index contributed by atoms with van der Waals surface area (Å²) in [6, 6.07) is 8.73. The first kappa shape index (κ1) is 14.8. The molecule has 3 aromatic rings. The van der Waals surface area contributed by atoms with Crippen molar-refractivity contribution >= 4 is 21.4 Å². The number of hydrogen-bond donors (Lipinski definition) is 1. The molecule has 3 rings (SSSR count). The van der Waals surface area contributed by atoms with Gasteiger partial charge in [-0.25, -0.2) is 13.1 Å². The second-order valence-electron chi connectivity index (χ2n) is 4.54. The van der Waals surface area contributed by atoms with E-state index in [-0.39, 0.29) is 11.4 Å². The molecule has 0 aliphatic heterocycles. The summed E-state index contributed by atoms with van der Waals surface area (Å²) in [7, 11) is -3.58. The summed E-state index contributed by atoms with van der Waals surface area (Å²) in [5.41, 5.74) is 2.60. The smallest absolute Gasteiger partial charge is 0.242 e. The van der Waals surface area contributed by atoms with E-state index in [1.54, 1.807) is 29.7 Å². The van der Waals surface area contributed by atoms with E-state index < -0.39 is 10.0 Å². The number of nitrogens with zero attached hydrogens (tertiary/aromatic N) is 2. The summed E-state index contributed by atoms with van der Waals surface area (Å²) in [6.45, 7) is 0.177. The highest BCUT2D eigenvalue weighted by molar-refractivity contribution is 7.89. The van der Waals surface area contributed by atoms with Crippen LogP contribution in [0.15, 0.2) is 64.6 Å². The van der Waals surface area contributed by atoms with Crippen LogP contribution in [0.1, 0.15) is 5.56 Å². The maximum absolute atomic E-state index is 12.2. The summed E-state index contributed by atoms with van der Waals surface area (Å²) >= 11 is 1.58. The Bertz CT molecular complexity index is 848. The molecule has 0 amide bonds. The highest BCUT2D eigenvalue weighted by Crippen LogP contribution is 2.23. The first-order valence-electron chi connectivity index (χ1n) is 6.53. The van der Waals surface area contributed by atoms with Crippen LogP contribution in [0.25, 0.3) is 11.3 Å². The lowest BCUT2D eigenvalue weighted by Gasteiger charge is -2.09. The van der Waals surface area contributed by atoms with Crippen molar-refractivity contribution in [3.05, 3.63) is 65.2 Å². The summed E-state index contributed by atoms with van der Waals surface area (Å²) in [6.07, 6.45) is 4.56. The zero-order valence-electron chi connectivity index (χ0n) is 11.5. The summed E-state index contributed by atoms with van der Waals surface area (Å²) < 4.78 is 27.1. The molecule has 0 unspecified atom stereocenters. The predicted octanol–water partition coefficient (Wildman–Crippen LogP) is 2.68. The van der Waals surface area contributed by atoms with E-state index >= 15 is 0 Å². The van der Waals surface area contributed by atoms with Crippen molar-refractivity contribution in [2.45, 2.75) is 11.4 Å². The number of rotatable bonds is 5. The van der Waals surface area contributed by atoms with Crippen LogP contribution in [0.4, 0.5) is 0 Å². The lowest BCUT2D eigenvalue weighted by atomic mass is 10.1. The van der Waals surface area contributed by atoms with Gasteiger partial charge in [0.15, 0.2) is 0 Å². The first-order valence-corrected chi connectivity index (χ1v) is 8.95. The lowest BCUT2D eigenvalue weighted by molar-refractivity contribution is 0.581. The van der Waals surface area contributed by atoms with Crippen molar-refractivity contribution in [1.82, 2.24) is 14.7 Å². The molecular weight excluding hydrogens is 318 g/mol. The van der Waals surface area contributed by atoms with Crippen molar-refractivity contribution in [3.63, 3.8) is 0 Å². The van der Waals surface area contributed by atoms with Crippen LogP contribution in [0.5, 0.6) is 0 Å². The molecule has 0 aliphatic rings. The average Bonchev–Trinajstić information content (AvgIpc) is 3.08. The van der Waals surface area contributed by atoms with E-state index in [1.807, 2.05) is 22.9 Å². The average molecular weight is 331 g/mol. The fourth-order valence-corrected chi connectivity index (χ4v) is 3.61. The van der Waals surface area contributed by atoms with Crippen molar-refractivity contribution in [3.8, 4) is 11.3 Å². The van der Waals surface area contributed by atoms with Crippen LogP contribution in [0.3, 0.4) is 0 Å². The minimum atomic E-state index is -3.58. The molecule has 0 saturated carbocycles. The van der Waals surface area contributed by atoms with Crippen molar-refractivity contribution in [2.24, 2.45) is 0 Å². The number of sulfonamides is 1. The minimum Gasteiger partial charge on any atom is -0.263 e. The molecule has 0 saturated heterocycles. The number of nitrogens with one attached hydrogen (secondary N) is 1. The van der Waals surface area contributed by atoms with Crippen LogP contribution in [-0.2, 0) is 16.6 Å². The Hall–Kier alpha value is -2.09. The molecule has 0 aliphatic carbocycles. The van der Waals surface area contributed by atoms with E-state index in [9.17, 15) is 8.42 Å². The molecule has 0 spiro atoms. The Labute approximate surface area is 132 Å². The predicted molar refractivity (Wildman–Crippen MR) is 85.8 cm³/mol. The van der Waals surface area contributed by atoms with Crippen LogP contribution < -0.4 is 4.72 Å². The molecule has 0 aromatic carbocycles. The third kappa shape index (κ3) is 3.22. The third-order valence-electron chi connectivity index (χ3n) is 3.08. The molecule has 112 valence electrons. The fourth-order valence-electron chi connectivity index (χ4n) is 2.00. The molecule has 0 fully saturated rings. The maximum atomic E-state index is 12.2. The van der Waals surface area contributed by atoms with E-state index in [1.165, 1.54) is 18.5 Å². The largest absolute Gasteiger partial charge is 0.263 e. The van der Waals surface area contributed by atoms with Gasteiger partial charge in [-0.1, -0.05) is 6.07 Å². The SMILES string of the molecule is O=S(=O)(NCc1cccnc1-c1ccsc1)c1cccnc1. The number of hydrogen-bond acceptors (Lipinski definition) is 5. The number of aromatic nitrogens is 2. The Morgan fingerprint density at radius 2 is 2.00 bits per heavy atom. The van der Waals surface area contributed by atoms with Gasteiger partial charge in [-0.15, -0.1) is 0 Å². The Morgan fingerprint density at radius 1 is 1.14 bits per heavy atom. The van der Waals surface area contributed by atoms with Crippen LogP contribution in [0.2, 0.25) is 0 Å². The molecule has 5 nitrogen and oxygen atoms in total. The molecule has 0 bridgehead atoms. The van der Waals surface area contributed by atoms with Gasteiger partial charge in [-0.2, -0.15) is 11.3 Å². The molecule has 3 aromatic heterocycles. The third-order valence-corrected chi connectivity index (χ3v) is 5.15. The highest BCUT2D eigenvalue weighted by atomic mass is 32.2. The molecule has 22 heavy (non-hydrogen) atoms. The van der Waals surface area contributed by atoms with Crippen LogP contribution in [-0.4, -0.2) is 18.4 Å². The van der Waals surface area contributed by atoms with E-state index in [0.29, 0.717) is 0 Å². The van der Waals surface area contributed by atoms with Gasteiger partial charge < -0.3 is 0 Å². The molecular formula is C15H13N3O2S2. The Balaban J connectivity index is 1.83. The Morgan fingerprint density at radius 3 is 2.73 bits per heavy atom. The minimum absolute atomic E-state index is 0.149. The second-order valence-corrected chi connectivity index (χ2v) is 7.08. The fraction of sp³-hybridized carbons (Fsp3) is 0.0667. The lowest BCUT2D eigenvalue weighted by Crippen LogP contribution is -2.23. The van der Waals surface area contributed by atoms with E-state index in [2.05, 4.69) is 14.7 Å². The quantitative estimate of drug-likeness (QED) is 0.780. The number of pyridine rings is 2. The summed E-state index contributed by atoms with van der Waals surface area (Å²) in [4.78, 5) is 8.34. The van der Waals surface area contributed by atoms with Gasteiger partial charge in [0, 0.05) is 36.1 Å². The molecule has 7 heteroatoms. The zero-order valence-corrected chi connectivity index (χ0v) is 13.1.